The van der Waals surface area contributed by atoms with Gasteiger partial charge in [-0.25, -0.2) is 8.78 Å². The molecule has 0 spiro atoms. The number of nitrogens with zero attached hydrogens (tertiary/aromatic N) is 1. The fourth-order valence-corrected chi connectivity index (χ4v) is 2.34. The molecule has 0 aromatic carbocycles. The van der Waals surface area contributed by atoms with E-state index in [2.05, 4.69) is 10.3 Å². The Bertz CT molecular complexity index is 307. The van der Waals surface area contributed by atoms with Crippen LogP contribution < -0.4 is 5.32 Å². The lowest BCUT2D eigenvalue weighted by Crippen LogP contribution is -2.41. The van der Waals surface area contributed by atoms with E-state index >= 15 is 0 Å². The lowest BCUT2D eigenvalue weighted by Gasteiger charge is -2.25. The number of nitrogens with one attached hydrogen (secondary N) is 1. The molecule has 0 aromatic heterocycles. The van der Waals surface area contributed by atoms with E-state index in [1.165, 1.54) is 6.92 Å². The fourth-order valence-electron chi connectivity index (χ4n) is 1.43. The van der Waals surface area contributed by atoms with Crippen molar-refractivity contribution in [3.8, 4) is 0 Å². The molecular formula is C10H18F2N2O4S. The van der Waals surface area contributed by atoms with Gasteiger partial charge in [-0.15, -0.1) is 0 Å². The Labute approximate surface area is 113 Å². The monoisotopic (exact) mass is 300 g/mol. The summed E-state index contributed by atoms with van der Waals surface area (Å²) in [5.74, 6) is 0. The Balaban J connectivity index is 2.36. The molecule has 0 bridgehead atoms. The van der Waals surface area contributed by atoms with E-state index in [9.17, 15) is 19.0 Å². The second-order valence-corrected chi connectivity index (χ2v) is 5.20. The molecule has 0 aromatic rings. The van der Waals surface area contributed by atoms with Gasteiger partial charge in [0, 0.05) is 0 Å². The summed E-state index contributed by atoms with van der Waals surface area (Å²) >= 11 is 1.10. The van der Waals surface area contributed by atoms with E-state index in [1.54, 1.807) is 0 Å². The van der Waals surface area contributed by atoms with Gasteiger partial charge in [-0.2, -0.15) is 0 Å². The maximum absolute atomic E-state index is 12.0. The fraction of sp³-hybridized carbons (Fsp3) is 0.900. The molecule has 1 aliphatic rings. The minimum Gasteiger partial charge on any atom is -0.394 e. The Morgan fingerprint density at radius 1 is 1.53 bits per heavy atom. The van der Waals surface area contributed by atoms with Crippen molar-refractivity contribution >= 4 is 16.9 Å². The van der Waals surface area contributed by atoms with Crippen LogP contribution in [0.25, 0.3) is 0 Å². The van der Waals surface area contributed by atoms with Gasteiger partial charge in [0.05, 0.1) is 25.8 Å². The van der Waals surface area contributed by atoms with Crippen molar-refractivity contribution < 1.29 is 28.8 Å². The molecule has 6 nitrogen and oxygen atoms in total. The van der Waals surface area contributed by atoms with E-state index in [0.717, 1.165) is 11.8 Å². The molecule has 0 radical (unpaired) electrons. The average molecular weight is 300 g/mol. The molecule has 1 heterocycles. The van der Waals surface area contributed by atoms with E-state index in [1.807, 2.05) is 0 Å². The van der Waals surface area contributed by atoms with Crippen LogP contribution in [0.4, 0.5) is 8.78 Å². The normalized spacial score (nSPS) is 24.2. The highest BCUT2D eigenvalue weighted by Crippen LogP contribution is 2.23. The Morgan fingerprint density at radius 3 is 2.74 bits per heavy atom. The smallest absolute Gasteiger partial charge is 0.255 e. The number of thioether (sulfide) groups is 1. The molecule has 112 valence electrons. The standard InChI is InChI=1S/C10H18F2N2O4S/c1-5(16)9(17)6(4-15)18-8-3-14-10(19-8)13-2-7(11)12/h5-9,15-17H,2-4H2,1H3,(H,13,14)/t5-,6-,8?,9+/m1/s1. The Morgan fingerprint density at radius 2 is 2.21 bits per heavy atom. The van der Waals surface area contributed by atoms with Crippen molar-refractivity contribution in [1.82, 2.24) is 5.32 Å². The maximum atomic E-state index is 12.0. The van der Waals surface area contributed by atoms with Crippen molar-refractivity contribution in [2.45, 2.75) is 37.1 Å². The van der Waals surface area contributed by atoms with Crippen LogP contribution in [0.3, 0.4) is 0 Å². The first-order valence-corrected chi connectivity index (χ1v) is 6.67. The molecule has 0 saturated heterocycles. The summed E-state index contributed by atoms with van der Waals surface area (Å²) < 4.78 is 29.4. The zero-order valence-electron chi connectivity index (χ0n) is 10.4. The first-order valence-electron chi connectivity index (χ1n) is 5.79. The first-order chi connectivity index (χ1) is 8.93. The second-order valence-electron chi connectivity index (χ2n) is 4.05. The zero-order chi connectivity index (χ0) is 14.4. The molecule has 1 aliphatic heterocycles. The van der Waals surface area contributed by atoms with Crippen LogP contribution in [-0.2, 0) is 4.74 Å². The molecular weight excluding hydrogens is 282 g/mol. The van der Waals surface area contributed by atoms with Crippen molar-refractivity contribution in [2.75, 3.05) is 19.7 Å². The molecule has 1 unspecified atom stereocenters. The molecule has 4 atom stereocenters. The number of hydrogen-bond donors (Lipinski definition) is 4. The van der Waals surface area contributed by atoms with E-state index in [0.29, 0.717) is 5.17 Å². The van der Waals surface area contributed by atoms with Crippen LogP contribution in [0.1, 0.15) is 6.92 Å². The minimum atomic E-state index is -2.47. The largest absolute Gasteiger partial charge is 0.394 e. The highest BCUT2D eigenvalue weighted by molar-refractivity contribution is 8.14. The van der Waals surface area contributed by atoms with Gasteiger partial charge in [0.15, 0.2) is 5.17 Å². The van der Waals surface area contributed by atoms with Gasteiger partial charge in [0.25, 0.3) is 6.43 Å². The summed E-state index contributed by atoms with van der Waals surface area (Å²) in [4.78, 5) is 3.97. The number of hydrogen-bond acceptors (Lipinski definition) is 7. The van der Waals surface area contributed by atoms with Crippen molar-refractivity contribution in [1.29, 1.82) is 0 Å². The van der Waals surface area contributed by atoms with Crippen molar-refractivity contribution in [3.63, 3.8) is 0 Å². The van der Waals surface area contributed by atoms with Gasteiger partial charge in [-0.3, -0.25) is 4.99 Å². The topological polar surface area (TPSA) is 94.3 Å². The van der Waals surface area contributed by atoms with Gasteiger partial charge in [-0.1, -0.05) is 11.8 Å². The highest BCUT2D eigenvalue weighted by Gasteiger charge is 2.29. The van der Waals surface area contributed by atoms with Crippen LogP contribution in [0.5, 0.6) is 0 Å². The van der Waals surface area contributed by atoms with Crippen LogP contribution in [0, 0.1) is 0 Å². The number of aliphatic hydroxyl groups excluding tert-OH is 3. The predicted octanol–water partition coefficient (Wildman–Crippen LogP) is -0.611. The van der Waals surface area contributed by atoms with Crippen LogP contribution in [0.2, 0.25) is 0 Å². The van der Waals surface area contributed by atoms with E-state index in [-0.39, 0.29) is 6.54 Å². The Hall–Kier alpha value is -0.480. The molecule has 9 heteroatoms. The first kappa shape index (κ1) is 16.6. The summed E-state index contributed by atoms with van der Waals surface area (Å²) in [6.45, 7) is 0.672. The van der Waals surface area contributed by atoms with Crippen LogP contribution in [-0.4, -0.2) is 70.4 Å². The molecule has 0 saturated carbocycles. The highest BCUT2D eigenvalue weighted by atomic mass is 32.2. The number of alkyl halides is 2. The van der Waals surface area contributed by atoms with Gasteiger partial charge >= 0.3 is 0 Å². The molecule has 4 N–H and O–H groups in total. The van der Waals surface area contributed by atoms with Crippen LogP contribution in [0.15, 0.2) is 4.99 Å². The quantitative estimate of drug-likeness (QED) is 0.501. The van der Waals surface area contributed by atoms with Gasteiger partial charge < -0.3 is 25.4 Å². The van der Waals surface area contributed by atoms with Crippen molar-refractivity contribution in [2.24, 2.45) is 4.99 Å². The number of amidine groups is 1. The third-order valence-corrected chi connectivity index (χ3v) is 3.44. The number of rotatable bonds is 7. The average Bonchev–Trinajstić information content (AvgIpc) is 2.80. The lowest BCUT2D eigenvalue weighted by molar-refractivity contribution is -0.107. The van der Waals surface area contributed by atoms with Gasteiger partial charge in [0.1, 0.15) is 17.6 Å². The summed E-state index contributed by atoms with van der Waals surface area (Å²) in [6.07, 6.45) is -5.67. The number of aliphatic imine (C=N–C) groups is 1. The summed E-state index contributed by atoms with van der Waals surface area (Å²) in [5, 5.41) is 30.7. The Kier molecular flexibility index (Phi) is 6.94. The number of halogens is 2. The zero-order valence-corrected chi connectivity index (χ0v) is 11.2. The van der Waals surface area contributed by atoms with Crippen LogP contribution >= 0.6 is 11.8 Å². The molecule has 19 heavy (non-hydrogen) atoms. The third kappa shape index (κ3) is 5.57. The number of aliphatic hydroxyl groups is 3. The van der Waals surface area contributed by atoms with Crippen molar-refractivity contribution in [3.05, 3.63) is 0 Å². The minimum absolute atomic E-state index is 0.235. The maximum Gasteiger partial charge on any atom is 0.255 e. The van der Waals surface area contributed by atoms with E-state index < -0.39 is 43.3 Å². The van der Waals surface area contributed by atoms with Gasteiger partial charge in [0.2, 0.25) is 0 Å². The summed E-state index contributed by atoms with van der Waals surface area (Å²) in [7, 11) is 0. The van der Waals surface area contributed by atoms with Gasteiger partial charge in [-0.05, 0) is 6.92 Å². The predicted molar refractivity (Wildman–Crippen MR) is 67.3 cm³/mol. The molecule has 1 rings (SSSR count). The molecule has 0 amide bonds. The third-order valence-electron chi connectivity index (χ3n) is 2.42. The second kappa shape index (κ2) is 7.95. The number of ether oxygens (including phenoxy) is 1. The summed E-state index contributed by atoms with van der Waals surface area (Å²) in [5.41, 5.74) is -0.481. The summed E-state index contributed by atoms with van der Waals surface area (Å²) in [6, 6.07) is 0. The SMILES string of the molecule is C[C@@H](O)[C@H](O)[C@@H](CO)OC1CN=C(NCC(F)F)S1. The molecule has 0 fully saturated rings. The lowest BCUT2D eigenvalue weighted by atomic mass is 10.1. The molecule has 0 aliphatic carbocycles. The van der Waals surface area contributed by atoms with E-state index in [4.69, 9.17) is 9.84 Å².